The van der Waals surface area contributed by atoms with E-state index in [0.717, 1.165) is 45.4 Å². The third-order valence-corrected chi connectivity index (χ3v) is 3.91. The van der Waals surface area contributed by atoms with Crippen molar-refractivity contribution in [3.63, 3.8) is 0 Å². The molecule has 1 aliphatic heterocycles. The predicted octanol–water partition coefficient (Wildman–Crippen LogP) is 2.69. The van der Waals surface area contributed by atoms with Gasteiger partial charge in [-0.15, -0.1) is 0 Å². The molecule has 1 aliphatic rings. The maximum absolute atomic E-state index is 12.4. The smallest absolute Gasteiger partial charge is 0.236 e. The highest BCUT2D eigenvalue weighted by atomic mass is 16.2. The van der Waals surface area contributed by atoms with Crippen molar-refractivity contribution >= 4 is 5.91 Å². The molecule has 2 rings (SSSR count). The van der Waals surface area contributed by atoms with Crippen molar-refractivity contribution in [2.45, 2.75) is 39.7 Å². The van der Waals surface area contributed by atoms with E-state index in [1.807, 2.05) is 4.90 Å². The molecule has 0 N–H and O–H groups in total. The minimum atomic E-state index is 0.285. The summed E-state index contributed by atoms with van der Waals surface area (Å²) in [4.78, 5) is 16.7. The first-order valence-electron chi connectivity index (χ1n) is 7.81. The zero-order valence-electron chi connectivity index (χ0n) is 12.8. The van der Waals surface area contributed by atoms with Gasteiger partial charge in [-0.2, -0.15) is 0 Å². The monoisotopic (exact) mass is 274 g/mol. The Kier molecular flexibility index (Phi) is 5.60. The van der Waals surface area contributed by atoms with E-state index in [9.17, 15) is 4.79 Å². The molecule has 0 unspecified atom stereocenters. The Morgan fingerprint density at radius 2 is 1.80 bits per heavy atom. The van der Waals surface area contributed by atoms with Gasteiger partial charge in [0.2, 0.25) is 5.91 Å². The number of rotatable bonds is 6. The minimum absolute atomic E-state index is 0.285. The lowest BCUT2D eigenvalue weighted by molar-refractivity contribution is -0.132. The van der Waals surface area contributed by atoms with Crippen LogP contribution in [0.4, 0.5) is 0 Å². The SMILES string of the molecule is CCCN(CCC)C(=O)CN1CCc2ccccc2C1. The largest absolute Gasteiger partial charge is 0.342 e. The van der Waals surface area contributed by atoms with Gasteiger partial charge >= 0.3 is 0 Å². The fourth-order valence-corrected chi connectivity index (χ4v) is 2.88. The molecule has 1 aromatic carbocycles. The van der Waals surface area contributed by atoms with Crippen LogP contribution < -0.4 is 0 Å². The van der Waals surface area contributed by atoms with Gasteiger partial charge in [-0.3, -0.25) is 9.69 Å². The van der Waals surface area contributed by atoms with Crippen LogP contribution in [0.15, 0.2) is 24.3 Å². The number of hydrogen-bond donors (Lipinski definition) is 0. The minimum Gasteiger partial charge on any atom is -0.342 e. The van der Waals surface area contributed by atoms with Gasteiger partial charge < -0.3 is 4.90 Å². The second-order valence-corrected chi connectivity index (χ2v) is 5.61. The van der Waals surface area contributed by atoms with Crippen LogP contribution in [0.3, 0.4) is 0 Å². The zero-order chi connectivity index (χ0) is 14.4. The van der Waals surface area contributed by atoms with E-state index < -0.39 is 0 Å². The van der Waals surface area contributed by atoms with E-state index in [1.165, 1.54) is 11.1 Å². The van der Waals surface area contributed by atoms with E-state index in [2.05, 4.69) is 43.0 Å². The predicted molar refractivity (Wildman–Crippen MR) is 82.6 cm³/mol. The Morgan fingerprint density at radius 3 is 2.45 bits per heavy atom. The number of nitrogens with zero attached hydrogens (tertiary/aromatic N) is 2. The van der Waals surface area contributed by atoms with Crippen LogP contribution in [-0.2, 0) is 17.8 Å². The van der Waals surface area contributed by atoms with E-state index in [0.29, 0.717) is 6.54 Å². The summed E-state index contributed by atoms with van der Waals surface area (Å²) in [6, 6.07) is 8.57. The highest BCUT2D eigenvalue weighted by Crippen LogP contribution is 2.18. The quantitative estimate of drug-likeness (QED) is 0.796. The summed E-state index contributed by atoms with van der Waals surface area (Å²) in [5.41, 5.74) is 2.82. The molecule has 1 aromatic rings. The van der Waals surface area contributed by atoms with Gasteiger partial charge in [0.15, 0.2) is 0 Å². The Hall–Kier alpha value is -1.35. The van der Waals surface area contributed by atoms with Crippen LogP contribution in [0.25, 0.3) is 0 Å². The summed E-state index contributed by atoms with van der Waals surface area (Å²) < 4.78 is 0. The Balaban J connectivity index is 1.92. The summed E-state index contributed by atoms with van der Waals surface area (Å²) in [7, 11) is 0. The van der Waals surface area contributed by atoms with Gasteiger partial charge in [0.1, 0.15) is 0 Å². The van der Waals surface area contributed by atoms with E-state index in [-0.39, 0.29) is 5.91 Å². The van der Waals surface area contributed by atoms with E-state index >= 15 is 0 Å². The molecule has 3 heteroatoms. The number of hydrogen-bond acceptors (Lipinski definition) is 2. The van der Waals surface area contributed by atoms with Crippen molar-refractivity contribution in [3.8, 4) is 0 Å². The topological polar surface area (TPSA) is 23.6 Å². The number of carbonyl (C=O) groups excluding carboxylic acids is 1. The highest BCUT2D eigenvalue weighted by molar-refractivity contribution is 5.78. The number of fused-ring (bicyclic) bond motifs is 1. The van der Waals surface area contributed by atoms with Gasteiger partial charge in [-0.1, -0.05) is 38.1 Å². The molecular weight excluding hydrogens is 248 g/mol. The zero-order valence-corrected chi connectivity index (χ0v) is 12.8. The summed E-state index contributed by atoms with van der Waals surface area (Å²) in [6.07, 6.45) is 3.13. The molecule has 0 radical (unpaired) electrons. The van der Waals surface area contributed by atoms with Crippen molar-refractivity contribution in [2.24, 2.45) is 0 Å². The van der Waals surface area contributed by atoms with Crippen LogP contribution >= 0.6 is 0 Å². The molecule has 0 atom stereocenters. The van der Waals surface area contributed by atoms with Gasteiger partial charge in [-0.05, 0) is 30.4 Å². The molecule has 0 spiro atoms. The molecular formula is C17H26N2O. The average Bonchev–Trinajstić information content (AvgIpc) is 2.47. The fourth-order valence-electron chi connectivity index (χ4n) is 2.88. The molecule has 0 aromatic heterocycles. The molecule has 20 heavy (non-hydrogen) atoms. The number of amides is 1. The molecule has 110 valence electrons. The summed E-state index contributed by atoms with van der Waals surface area (Å²) in [5.74, 6) is 0.285. The maximum atomic E-state index is 12.4. The molecule has 0 saturated heterocycles. The lowest BCUT2D eigenvalue weighted by Gasteiger charge is -2.30. The summed E-state index contributed by atoms with van der Waals surface area (Å²) >= 11 is 0. The number of benzene rings is 1. The highest BCUT2D eigenvalue weighted by Gasteiger charge is 2.20. The molecule has 0 aliphatic carbocycles. The first kappa shape index (κ1) is 15.0. The van der Waals surface area contributed by atoms with Crippen LogP contribution in [0.2, 0.25) is 0 Å². The normalized spacial score (nSPS) is 14.9. The fraction of sp³-hybridized carbons (Fsp3) is 0.588. The first-order chi connectivity index (χ1) is 9.74. The molecule has 0 saturated carbocycles. The lowest BCUT2D eigenvalue weighted by Crippen LogP contribution is -2.42. The number of carbonyl (C=O) groups is 1. The first-order valence-corrected chi connectivity index (χ1v) is 7.81. The third-order valence-electron chi connectivity index (χ3n) is 3.91. The molecule has 1 heterocycles. The summed E-state index contributed by atoms with van der Waals surface area (Å²) in [6.45, 7) is 8.51. The molecule has 3 nitrogen and oxygen atoms in total. The maximum Gasteiger partial charge on any atom is 0.236 e. The Bertz CT molecular complexity index is 438. The van der Waals surface area contributed by atoms with Gasteiger partial charge in [0.05, 0.1) is 6.54 Å². The molecule has 0 bridgehead atoms. The van der Waals surface area contributed by atoms with Crippen LogP contribution in [0, 0.1) is 0 Å². The van der Waals surface area contributed by atoms with Crippen LogP contribution in [0.5, 0.6) is 0 Å². The van der Waals surface area contributed by atoms with Crippen LogP contribution in [-0.4, -0.2) is 41.9 Å². The van der Waals surface area contributed by atoms with Crippen molar-refractivity contribution in [2.75, 3.05) is 26.2 Å². The van der Waals surface area contributed by atoms with Crippen molar-refractivity contribution < 1.29 is 4.79 Å². The van der Waals surface area contributed by atoms with Crippen molar-refractivity contribution in [1.82, 2.24) is 9.80 Å². The molecule has 0 fully saturated rings. The second-order valence-electron chi connectivity index (χ2n) is 5.61. The lowest BCUT2D eigenvalue weighted by atomic mass is 10.00. The molecule has 1 amide bonds. The van der Waals surface area contributed by atoms with Gasteiger partial charge in [0.25, 0.3) is 0 Å². The van der Waals surface area contributed by atoms with Crippen molar-refractivity contribution in [3.05, 3.63) is 35.4 Å². The van der Waals surface area contributed by atoms with Gasteiger partial charge in [-0.25, -0.2) is 0 Å². The standard InChI is InChI=1S/C17H26N2O/c1-3-10-19(11-4-2)17(20)14-18-12-9-15-7-5-6-8-16(15)13-18/h5-8H,3-4,9-14H2,1-2H3. The average molecular weight is 274 g/mol. The van der Waals surface area contributed by atoms with Gasteiger partial charge in [0, 0.05) is 26.2 Å². The van der Waals surface area contributed by atoms with Crippen molar-refractivity contribution in [1.29, 1.82) is 0 Å². The third kappa shape index (κ3) is 3.83. The summed E-state index contributed by atoms with van der Waals surface area (Å²) in [5, 5.41) is 0. The van der Waals surface area contributed by atoms with E-state index in [4.69, 9.17) is 0 Å². The Labute approximate surface area is 122 Å². The van der Waals surface area contributed by atoms with Crippen LogP contribution in [0.1, 0.15) is 37.8 Å². The van der Waals surface area contributed by atoms with E-state index in [1.54, 1.807) is 0 Å². The Morgan fingerprint density at radius 1 is 1.15 bits per heavy atom. The second kappa shape index (κ2) is 7.44.